The van der Waals surface area contributed by atoms with Gasteiger partial charge >= 0.3 is 0 Å². The minimum atomic E-state index is -0.391. The van der Waals surface area contributed by atoms with Gasteiger partial charge in [-0.3, -0.25) is 9.59 Å². The van der Waals surface area contributed by atoms with Crippen molar-refractivity contribution in [1.29, 1.82) is 0 Å². The first-order valence-corrected chi connectivity index (χ1v) is 8.69. The highest BCUT2D eigenvalue weighted by Gasteiger charge is 2.32. The van der Waals surface area contributed by atoms with E-state index in [4.69, 9.17) is 16.3 Å². The number of hydrogen-bond acceptors (Lipinski definition) is 5. The summed E-state index contributed by atoms with van der Waals surface area (Å²) < 4.78 is 5.16. The average molecular weight is 373 g/mol. The first-order chi connectivity index (χ1) is 12.4. The molecule has 1 heterocycles. The molecule has 1 aliphatic rings. The number of methoxy groups -OCH3 is 1. The van der Waals surface area contributed by atoms with Gasteiger partial charge in [-0.2, -0.15) is 0 Å². The van der Waals surface area contributed by atoms with E-state index in [0.29, 0.717) is 16.3 Å². The third kappa shape index (κ3) is 2.92. The van der Waals surface area contributed by atoms with Gasteiger partial charge in [-0.1, -0.05) is 24.6 Å². The van der Waals surface area contributed by atoms with Gasteiger partial charge in [0.2, 0.25) is 0 Å². The number of rotatable bonds is 5. The number of aldehydes is 1. The molecule has 0 N–H and O–H groups in total. The molecule has 0 saturated carbocycles. The number of ether oxygens (including phenoxy) is 1. The summed E-state index contributed by atoms with van der Waals surface area (Å²) >= 11 is 6.32. The van der Waals surface area contributed by atoms with E-state index in [1.165, 1.54) is 0 Å². The molecule has 2 aromatic rings. The average Bonchev–Trinajstić information content (AvgIpc) is 2.90. The molecule has 3 rings (SSSR count). The van der Waals surface area contributed by atoms with Gasteiger partial charge < -0.3 is 14.5 Å². The van der Waals surface area contributed by atoms with E-state index >= 15 is 0 Å². The Labute approximate surface area is 158 Å². The van der Waals surface area contributed by atoms with Crippen molar-refractivity contribution in [2.75, 3.05) is 31.0 Å². The molecule has 0 aliphatic carbocycles. The fraction of sp³-hybridized carbons (Fsp3) is 0.300. The van der Waals surface area contributed by atoms with Crippen LogP contribution in [0.1, 0.15) is 28.8 Å². The number of halogens is 1. The Bertz CT molecular complexity index is 868. The normalized spacial score (nSPS) is 17.0. The second-order valence-corrected chi connectivity index (χ2v) is 6.86. The molecule has 26 heavy (non-hydrogen) atoms. The molecule has 0 fully saturated rings. The minimum Gasteiger partial charge on any atom is -0.497 e. The highest BCUT2D eigenvalue weighted by atomic mass is 35.5. The van der Waals surface area contributed by atoms with Crippen LogP contribution in [0.4, 0.5) is 11.4 Å². The van der Waals surface area contributed by atoms with Crippen LogP contribution >= 0.6 is 11.6 Å². The number of anilines is 2. The van der Waals surface area contributed by atoms with Crippen LogP contribution in [0.2, 0.25) is 5.02 Å². The summed E-state index contributed by atoms with van der Waals surface area (Å²) in [4.78, 5) is 28.1. The number of likely N-dealkylation sites (N-methyl/N-ethyl adjacent to an activating group) is 2. The molecule has 2 unspecified atom stereocenters. The van der Waals surface area contributed by atoms with Gasteiger partial charge in [-0.15, -0.1) is 0 Å². The van der Waals surface area contributed by atoms with Crippen LogP contribution < -0.4 is 14.5 Å². The summed E-state index contributed by atoms with van der Waals surface area (Å²) in [5, 5.41) is 0.504. The number of nitrogens with zero attached hydrogens (tertiary/aromatic N) is 2. The van der Waals surface area contributed by atoms with Crippen molar-refractivity contribution in [3.63, 3.8) is 0 Å². The van der Waals surface area contributed by atoms with E-state index < -0.39 is 5.92 Å². The summed E-state index contributed by atoms with van der Waals surface area (Å²) in [6.45, 7) is 1.84. The molecule has 0 aromatic heterocycles. The summed E-state index contributed by atoms with van der Waals surface area (Å²) in [5.74, 6) is 0.240. The van der Waals surface area contributed by atoms with Crippen LogP contribution in [-0.4, -0.2) is 39.4 Å². The van der Waals surface area contributed by atoms with E-state index in [-0.39, 0.29) is 11.9 Å². The standard InChI is InChI=1S/C20H21ClN2O3/c1-12(15-7-6-14(26-4)10-16(15)21)20(25)13-5-8-17-18(9-13)23(3)19(11-24)22(17)2/h5-12,19H,1-4H3. The fourth-order valence-electron chi connectivity index (χ4n) is 3.36. The molecule has 5 nitrogen and oxygen atoms in total. The first-order valence-electron chi connectivity index (χ1n) is 8.31. The van der Waals surface area contributed by atoms with Gasteiger partial charge in [0.05, 0.1) is 18.5 Å². The maximum absolute atomic E-state index is 13.0. The topological polar surface area (TPSA) is 49.9 Å². The van der Waals surface area contributed by atoms with Crippen molar-refractivity contribution in [3.05, 3.63) is 52.5 Å². The van der Waals surface area contributed by atoms with Gasteiger partial charge in [0, 0.05) is 30.6 Å². The third-order valence-electron chi connectivity index (χ3n) is 5.00. The van der Waals surface area contributed by atoms with Crippen molar-refractivity contribution in [1.82, 2.24) is 0 Å². The molecule has 0 spiro atoms. The lowest BCUT2D eigenvalue weighted by Gasteiger charge is -2.21. The van der Waals surface area contributed by atoms with E-state index in [1.807, 2.05) is 49.0 Å². The van der Waals surface area contributed by atoms with Gasteiger partial charge in [0.25, 0.3) is 0 Å². The molecule has 0 radical (unpaired) electrons. The maximum atomic E-state index is 13.0. The van der Waals surface area contributed by atoms with Crippen LogP contribution in [0.15, 0.2) is 36.4 Å². The Hall–Kier alpha value is -2.53. The lowest BCUT2D eigenvalue weighted by atomic mass is 9.92. The van der Waals surface area contributed by atoms with Crippen molar-refractivity contribution >= 4 is 35.0 Å². The van der Waals surface area contributed by atoms with Crippen LogP contribution in [0.3, 0.4) is 0 Å². The zero-order valence-electron chi connectivity index (χ0n) is 15.2. The summed E-state index contributed by atoms with van der Waals surface area (Å²) in [6.07, 6.45) is 0.533. The van der Waals surface area contributed by atoms with E-state index in [9.17, 15) is 9.59 Å². The van der Waals surface area contributed by atoms with Crippen molar-refractivity contribution in [2.24, 2.45) is 0 Å². The maximum Gasteiger partial charge on any atom is 0.170 e. The van der Waals surface area contributed by atoms with Gasteiger partial charge in [-0.05, 0) is 35.9 Å². The number of hydrogen-bond donors (Lipinski definition) is 0. The summed E-state index contributed by atoms with van der Waals surface area (Å²) in [6, 6.07) is 10.8. The molecule has 2 atom stereocenters. The quantitative estimate of drug-likeness (QED) is 0.591. The molecular weight excluding hydrogens is 352 g/mol. The Morgan fingerprint density at radius 2 is 1.85 bits per heavy atom. The van der Waals surface area contributed by atoms with E-state index in [0.717, 1.165) is 23.2 Å². The van der Waals surface area contributed by atoms with Gasteiger partial charge in [-0.25, -0.2) is 0 Å². The number of benzene rings is 2. The molecule has 0 saturated heterocycles. The first kappa shape index (κ1) is 18.3. The Balaban J connectivity index is 1.92. The largest absolute Gasteiger partial charge is 0.497 e. The molecule has 0 amide bonds. The minimum absolute atomic E-state index is 0.0227. The lowest BCUT2D eigenvalue weighted by Crippen LogP contribution is -2.40. The smallest absolute Gasteiger partial charge is 0.170 e. The molecule has 1 aliphatic heterocycles. The number of fused-ring (bicyclic) bond motifs is 1. The fourth-order valence-corrected chi connectivity index (χ4v) is 3.70. The van der Waals surface area contributed by atoms with E-state index in [2.05, 4.69) is 0 Å². The monoisotopic (exact) mass is 372 g/mol. The predicted octanol–water partition coefficient (Wildman–Crippen LogP) is 3.75. The van der Waals surface area contributed by atoms with Crippen LogP contribution in [0.25, 0.3) is 0 Å². The molecule has 2 aromatic carbocycles. The molecule has 136 valence electrons. The highest BCUT2D eigenvalue weighted by Crippen LogP contribution is 2.39. The van der Waals surface area contributed by atoms with E-state index in [1.54, 1.807) is 25.3 Å². The Morgan fingerprint density at radius 3 is 2.46 bits per heavy atom. The zero-order chi connectivity index (χ0) is 19.0. The predicted molar refractivity (Wildman–Crippen MR) is 104 cm³/mol. The summed E-state index contributed by atoms with van der Waals surface area (Å²) in [5.41, 5.74) is 3.14. The van der Waals surface area contributed by atoms with Gasteiger partial charge in [0.1, 0.15) is 5.75 Å². The third-order valence-corrected chi connectivity index (χ3v) is 5.33. The van der Waals surface area contributed by atoms with Crippen molar-refractivity contribution in [2.45, 2.75) is 19.0 Å². The number of carbonyl (C=O) groups excluding carboxylic acids is 2. The number of carbonyl (C=O) groups is 2. The van der Waals surface area contributed by atoms with Crippen LogP contribution in [0.5, 0.6) is 5.75 Å². The number of ketones is 1. The summed E-state index contributed by atoms with van der Waals surface area (Å²) in [7, 11) is 5.28. The second-order valence-electron chi connectivity index (χ2n) is 6.45. The Morgan fingerprint density at radius 1 is 1.15 bits per heavy atom. The van der Waals surface area contributed by atoms with Gasteiger partial charge in [0.15, 0.2) is 18.2 Å². The molecular formula is C20H21ClN2O3. The SMILES string of the molecule is COc1ccc(C(C)C(=O)c2ccc3c(c2)N(C)C(C=O)N3C)c(Cl)c1. The molecule has 0 bridgehead atoms. The Kier molecular flexibility index (Phi) is 4.92. The van der Waals surface area contributed by atoms with Crippen LogP contribution in [0, 0.1) is 0 Å². The highest BCUT2D eigenvalue weighted by molar-refractivity contribution is 6.32. The lowest BCUT2D eigenvalue weighted by molar-refractivity contribution is -0.108. The zero-order valence-corrected chi connectivity index (χ0v) is 15.9. The number of Topliss-reactive ketones (excluding diaryl/α,β-unsaturated/α-hetero) is 1. The van der Waals surface area contributed by atoms with Crippen LogP contribution in [-0.2, 0) is 4.79 Å². The second kappa shape index (κ2) is 7.00. The molecule has 6 heteroatoms. The van der Waals surface area contributed by atoms with Crippen molar-refractivity contribution in [3.8, 4) is 5.75 Å². The van der Waals surface area contributed by atoms with Crippen molar-refractivity contribution < 1.29 is 14.3 Å².